The average Bonchev–Trinajstić information content (AvgIpc) is 3.10. The normalized spacial score (nSPS) is 12.3. The highest BCUT2D eigenvalue weighted by atomic mass is 32.1. The van der Waals surface area contributed by atoms with Crippen LogP contribution >= 0.6 is 11.3 Å². The summed E-state index contributed by atoms with van der Waals surface area (Å²) >= 11 is 1.59. The minimum absolute atomic E-state index is 0.136. The molecule has 2 aromatic rings. The fourth-order valence-corrected chi connectivity index (χ4v) is 2.91. The summed E-state index contributed by atoms with van der Waals surface area (Å²) in [5.74, 6) is 1.11. The lowest BCUT2D eigenvalue weighted by molar-refractivity contribution is -0.137. The molecule has 27 heavy (non-hydrogen) atoms. The van der Waals surface area contributed by atoms with E-state index in [1.54, 1.807) is 18.4 Å². The van der Waals surface area contributed by atoms with Crippen LogP contribution in [0.4, 0.5) is 13.2 Å². The number of halogens is 3. The van der Waals surface area contributed by atoms with Gasteiger partial charge in [-0.05, 0) is 12.0 Å². The summed E-state index contributed by atoms with van der Waals surface area (Å²) in [6.45, 7) is 5.39. The van der Waals surface area contributed by atoms with Crippen molar-refractivity contribution in [2.45, 2.75) is 32.5 Å². The van der Waals surface area contributed by atoms with Gasteiger partial charge in [-0.2, -0.15) is 13.2 Å². The monoisotopic (exact) mass is 401 g/mol. The Morgan fingerprint density at radius 2 is 2.07 bits per heavy atom. The van der Waals surface area contributed by atoms with Gasteiger partial charge in [0.1, 0.15) is 11.6 Å². The van der Waals surface area contributed by atoms with Gasteiger partial charge in [0.2, 0.25) is 5.88 Å². The molecule has 0 amide bonds. The predicted molar refractivity (Wildman–Crippen MR) is 99.1 cm³/mol. The first-order valence-corrected chi connectivity index (χ1v) is 9.22. The SMILES string of the molecule is CN=C(NCCOc1ccc(C(F)(F)F)cn1)NCc1nc(C(C)C)cs1. The fraction of sp³-hybridized carbons (Fsp3) is 0.471. The zero-order valence-corrected chi connectivity index (χ0v) is 16.1. The van der Waals surface area contributed by atoms with Gasteiger partial charge in [0.25, 0.3) is 0 Å². The van der Waals surface area contributed by atoms with Crippen molar-refractivity contribution in [1.29, 1.82) is 0 Å². The number of alkyl halides is 3. The molecular formula is C17H22F3N5OS. The van der Waals surface area contributed by atoms with Gasteiger partial charge in [0.15, 0.2) is 5.96 Å². The van der Waals surface area contributed by atoms with E-state index in [1.807, 2.05) is 5.38 Å². The standard InChI is InChI=1S/C17H22F3N5OS/c1-11(2)13-10-27-15(25-13)9-24-16(21-3)22-6-7-26-14-5-4-12(8-23-14)17(18,19)20/h4-5,8,10-11H,6-7,9H2,1-3H3,(H2,21,22,24). The van der Waals surface area contributed by atoms with Crippen LogP contribution in [-0.2, 0) is 12.7 Å². The van der Waals surface area contributed by atoms with Crippen molar-refractivity contribution in [3.63, 3.8) is 0 Å². The summed E-state index contributed by atoms with van der Waals surface area (Å²) in [6, 6.07) is 2.14. The molecule has 0 aliphatic heterocycles. The van der Waals surface area contributed by atoms with E-state index in [1.165, 1.54) is 6.07 Å². The van der Waals surface area contributed by atoms with E-state index in [0.29, 0.717) is 25.0 Å². The molecule has 10 heteroatoms. The number of nitrogens with zero attached hydrogens (tertiary/aromatic N) is 3. The van der Waals surface area contributed by atoms with Crippen LogP contribution in [0.1, 0.15) is 36.0 Å². The number of thiazole rings is 1. The fourth-order valence-electron chi connectivity index (χ4n) is 2.01. The maximum absolute atomic E-state index is 12.5. The molecule has 2 rings (SSSR count). The molecule has 0 aromatic carbocycles. The summed E-state index contributed by atoms with van der Waals surface area (Å²) in [4.78, 5) is 12.3. The summed E-state index contributed by atoms with van der Waals surface area (Å²) in [5.41, 5.74) is 0.262. The second-order valence-corrected chi connectivity index (χ2v) is 6.85. The Bertz CT molecular complexity index is 744. The van der Waals surface area contributed by atoms with Gasteiger partial charge in [-0.1, -0.05) is 13.8 Å². The highest BCUT2D eigenvalue weighted by Gasteiger charge is 2.30. The molecule has 0 bridgehead atoms. The predicted octanol–water partition coefficient (Wildman–Crippen LogP) is 3.42. The number of guanidine groups is 1. The van der Waals surface area contributed by atoms with E-state index in [-0.39, 0.29) is 12.5 Å². The van der Waals surface area contributed by atoms with Crippen LogP contribution in [-0.4, -0.2) is 36.1 Å². The average molecular weight is 401 g/mol. The molecule has 148 valence electrons. The molecule has 0 spiro atoms. The van der Waals surface area contributed by atoms with Crippen LogP contribution in [0.15, 0.2) is 28.7 Å². The Labute approximate surface area is 159 Å². The summed E-state index contributed by atoms with van der Waals surface area (Å²) < 4.78 is 42.8. The van der Waals surface area contributed by atoms with E-state index in [4.69, 9.17) is 4.74 Å². The van der Waals surface area contributed by atoms with Gasteiger partial charge in [-0.25, -0.2) is 9.97 Å². The quantitative estimate of drug-likeness (QED) is 0.423. The maximum atomic E-state index is 12.5. The zero-order chi connectivity index (χ0) is 19.9. The van der Waals surface area contributed by atoms with Crippen LogP contribution < -0.4 is 15.4 Å². The molecule has 0 atom stereocenters. The van der Waals surface area contributed by atoms with E-state index in [2.05, 4.69) is 39.4 Å². The number of rotatable bonds is 7. The minimum Gasteiger partial charge on any atom is -0.476 e. The lowest BCUT2D eigenvalue weighted by Gasteiger charge is -2.12. The Morgan fingerprint density at radius 1 is 1.30 bits per heavy atom. The molecule has 2 aromatic heterocycles. The Kier molecular flexibility index (Phi) is 7.40. The lowest BCUT2D eigenvalue weighted by atomic mass is 10.2. The van der Waals surface area contributed by atoms with E-state index >= 15 is 0 Å². The highest BCUT2D eigenvalue weighted by Crippen LogP contribution is 2.29. The number of ether oxygens (including phenoxy) is 1. The van der Waals surface area contributed by atoms with Crippen LogP contribution in [0.2, 0.25) is 0 Å². The van der Waals surface area contributed by atoms with Crippen molar-refractivity contribution < 1.29 is 17.9 Å². The van der Waals surface area contributed by atoms with Crippen molar-refractivity contribution in [3.8, 4) is 5.88 Å². The Hall–Kier alpha value is -2.36. The van der Waals surface area contributed by atoms with Crippen molar-refractivity contribution in [1.82, 2.24) is 20.6 Å². The summed E-state index contributed by atoms with van der Waals surface area (Å²) in [5, 5.41) is 9.22. The van der Waals surface area contributed by atoms with Gasteiger partial charge in [0, 0.05) is 24.7 Å². The van der Waals surface area contributed by atoms with E-state index < -0.39 is 11.7 Å². The number of hydrogen-bond acceptors (Lipinski definition) is 5. The highest BCUT2D eigenvalue weighted by molar-refractivity contribution is 7.09. The molecule has 2 N–H and O–H groups in total. The van der Waals surface area contributed by atoms with Gasteiger partial charge < -0.3 is 15.4 Å². The molecule has 2 heterocycles. The Morgan fingerprint density at radius 3 is 2.63 bits per heavy atom. The third kappa shape index (κ3) is 6.70. The second-order valence-electron chi connectivity index (χ2n) is 5.90. The van der Waals surface area contributed by atoms with Crippen LogP contribution in [0, 0.1) is 0 Å². The number of pyridine rings is 1. The molecule has 6 nitrogen and oxygen atoms in total. The lowest BCUT2D eigenvalue weighted by Crippen LogP contribution is -2.38. The third-order valence-electron chi connectivity index (χ3n) is 3.50. The topological polar surface area (TPSA) is 71.4 Å². The number of aliphatic imine (C=N–C) groups is 1. The smallest absolute Gasteiger partial charge is 0.417 e. The molecular weight excluding hydrogens is 379 g/mol. The number of nitrogens with one attached hydrogen (secondary N) is 2. The van der Waals surface area contributed by atoms with Gasteiger partial charge >= 0.3 is 6.18 Å². The van der Waals surface area contributed by atoms with Crippen LogP contribution in [0.3, 0.4) is 0 Å². The second kappa shape index (κ2) is 9.54. The van der Waals surface area contributed by atoms with Crippen molar-refractivity contribution in [2.24, 2.45) is 4.99 Å². The molecule has 0 unspecified atom stereocenters. The summed E-state index contributed by atoms with van der Waals surface area (Å²) in [7, 11) is 1.65. The maximum Gasteiger partial charge on any atom is 0.417 e. The van der Waals surface area contributed by atoms with Crippen LogP contribution in [0.25, 0.3) is 0 Å². The molecule has 0 aliphatic carbocycles. The van der Waals surface area contributed by atoms with Crippen molar-refractivity contribution in [2.75, 3.05) is 20.2 Å². The number of hydrogen-bond donors (Lipinski definition) is 2. The first-order valence-electron chi connectivity index (χ1n) is 8.34. The van der Waals surface area contributed by atoms with E-state index in [9.17, 15) is 13.2 Å². The van der Waals surface area contributed by atoms with E-state index in [0.717, 1.165) is 23.0 Å². The Balaban J connectivity index is 1.71. The molecule has 0 fully saturated rings. The molecule has 0 saturated carbocycles. The van der Waals surface area contributed by atoms with Gasteiger partial charge in [-0.15, -0.1) is 11.3 Å². The van der Waals surface area contributed by atoms with Gasteiger partial charge in [0.05, 0.1) is 24.3 Å². The zero-order valence-electron chi connectivity index (χ0n) is 15.3. The molecule has 0 radical (unpaired) electrons. The molecule has 0 saturated heterocycles. The molecule has 0 aliphatic rings. The van der Waals surface area contributed by atoms with Crippen molar-refractivity contribution >= 4 is 17.3 Å². The van der Waals surface area contributed by atoms with Crippen LogP contribution in [0.5, 0.6) is 5.88 Å². The largest absolute Gasteiger partial charge is 0.476 e. The summed E-state index contributed by atoms with van der Waals surface area (Å²) in [6.07, 6.45) is -3.65. The van der Waals surface area contributed by atoms with Gasteiger partial charge in [-0.3, -0.25) is 4.99 Å². The first-order chi connectivity index (χ1) is 12.8. The number of aromatic nitrogens is 2. The first kappa shape index (κ1) is 20.9. The third-order valence-corrected chi connectivity index (χ3v) is 4.37. The minimum atomic E-state index is -4.40. The van der Waals surface area contributed by atoms with Crippen molar-refractivity contribution in [3.05, 3.63) is 40.0 Å².